The Balaban J connectivity index is 1.97. The zero-order valence-corrected chi connectivity index (χ0v) is 14.7. The number of nitrogens with zero attached hydrogens (tertiary/aromatic N) is 1. The van der Waals surface area contributed by atoms with Crippen molar-refractivity contribution < 1.29 is 9.53 Å². The van der Waals surface area contributed by atoms with Gasteiger partial charge in [-0.3, -0.25) is 9.69 Å². The van der Waals surface area contributed by atoms with E-state index >= 15 is 0 Å². The van der Waals surface area contributed by atoms with Crippen LogP contribution in [0.5, 0.6) is 0 Å². The standard InChI is InChI=1S/C16H23ClN2O2S/c1-3-22-15-5-4-13(17)10-14(15)16(20)18-12(2)11-19-6-8-21-9-7-19/h4-5,10,12H,3,6-9,11H2,1-2H3,(H,18,20). The molecule has 0 bridgehead atoms. The maximum Gasteiger partial charge on any atom is 0.252 e. The summed E-state index contributed by atoms with van der Waals surface area (Å²) in [5.74, 6) is 0.866. The van der Waals surface area contributed by atoms with E-state index in [1.54, 1.807) is 17.8 Å². The maximum atomic E-state index is 12.5. The summed E-state index contributed by atoms with van der Waals surface area (Å²) < 4.78 is 5.34. The highest BCUT2D eigenvalue weighted by molar-refractivity contribution is 7.99. The average molecular weight is 343 g/mol. The smallest absolute Gasteiger partial charge is 0.252 e. The number of rotatable bonds is 6. The molecule has 0 radical (unpaired) electrons. The van der Waals surface area contributed by atoms with Crippen LogP contribution < -0.4 is 5.32 Å². The first-order valence-corrected chi connectivity index (χ1v) is 8.99. The molecule has 4 nitrogen and oxygen atoms in total. The van der Waals surface area contributed by atoms with Crippen LogP contribution in [0.15, 0.2) is 23.1 Å². The number of thioether (sulfide) groups is 1. The van der Waals surface area contributed by atoms with Gasteiger partial charge in [-0.05, 0) is 30.9 Å². The lowest BCUT2D eigenvalue weighted by Crippen LogP contribution is -2.46. The third kappa shape index (κ3) is 5.16. The minimum absolute atomic E-state index is 0.0563. The van der Waals surface area contributed by atoms with E-state index in [0.29, 0.717) is 10.6 Å². The van der Waals surface area contributed by atoms with Crippen LogP contribution in [0.4, 0.5) is 0 Å². The fourth-order valence-electron chi connectivity index (χ4n) is 2.48. The van der Waals surface area contributed by atoms with Crippen LogP contribution in [0.2, 0.25) is 5.02 Å². The Kier molecular flexibility index (Phi) is 7.02. The van der Waals surface area contributed by atoms with Crippen molar-refractivity contribution in [3.05, 3.63) is 28.8 Å². The molecule has 1 N–H and O–H groups in total. The summed E-state index contributed by atoms with van der Waals surface area (Å²) in [6.07, 6.45) is 0. The molecule has 1 aromatic rings. The van der Waals surface area contributed by atoms with Gasteiger partial charge >= 0.3 is 0 Å². The average Bonchev–Trinajstić information content (AvgIpc) is 2.50. The summed E-state index contributed by atoms with van der Waals surface area (Å²) in [6, 6.07) is 5.58. The van der Waals surface area contributed by atoms with Gasteiger partial charge in [-0.2, -0.15) is 0 Å². The second-order valence-electron chi connectivity index (χ2n) is 5.36. The van der Waals surface area contributed by atoms with Crippen molar-refractivity contribution in [2.45, 2.75) is 24.8 Å². The predicted octanol–water partition coefficient (Wildman–Crippen LogP) is 2.90. The van der Waals surface area contributed by atoms with Gasteiger partial charge in [0.2, 0.25) is 0 Å². The molecule has 0 spiro atoms. The molecule has 1 amide bonds. The molecule has 22 heavy (non-hydrogen) atoms. The van der Waals surface area contributed by atoms with E-state index in [9.17, 15) is 4.79 Å². The van der Waals surface area contributed by atoms with Crippen molar-refractivity contribution >= 4 is 29.3 Å². The molecular weight excluding hydrogens is 320 g/mol. The minimum atomic E-state index is -0.0563. The second-order valence-corrected chi connectivity index (χ2v) is 7.10. The van der Waals surface area contributed by atoms with Crippen molar-refractivity contribution in [3.63, 3.8) is 0 Å². The van der Waals surface area contributed by atoms with E-state index in [-0.39, 0.29) is 11.9 Å². The molecule has 1 heterocycles. The fourth-order valence-corrected chi connectivity index (χ4v) is 3.43. The first-order chi connectivity index (χ1) is 10.6. The van der Waals surface area contributed by atoms with Crippen molar-refractivity contribution in [1.82, 2.24) is 10.2 Å². The highest BCUT2D eigenvalue weighted by atomic mass is 35.5. The number of amides is 1. The summed E-state index contributed by atoms with van der Waals surface area (Å²) in [5, 5.41) is 3.67. The molecule has 6 heteroatoms. The molecule has 1 aliphatic rings. The monoisotopic (exact) mass is 342 g/mol. The lowest BCUT2D eigenvalue weighted by molar-refractivity contribution is 0.0342. The Morgan fingerprint density at radius 2 is 2.18 bits per heavy atom. The summed E-state index contributed by atoms with van der Waals surface area (Å²) in [6.45, 7) is 8.33. The summed E-state index contributed by atoms with van der Waals surface area (Å²) >= 11 is 7.70. The molecule has 1 atom stereocenters. The third-order valence-electron chi connectivity index (χ3n) is 3.50. The van der Waals surface area contributed by atoms with Gasteiger partial charge in [0.25, 0.3) is 5.91 Å². The number of carbonyl (C=O) groups excluding carboxylic acids is 1. The van der Waals surface area contributed by atoms with Crippen LogP contribution in [-0.4, -0.2) is 55.4 Å². The van der Waals surface area contributed by atoms with Crippen LogP contribution in [0.1, 0.15) is 24.2 Å². The summed E-state index contributed by atoms with van der Waals surface area (Å²) in [5.41, 5.74) is 0.660. The number of hydrogen-bond donors (Lipinski definition) is 1. The molecule has 1 fully saturated rings. The van der Waals surface area contributed by atoms with E-state index in [4.69, 9.17) is 16.3 Å². The Labute approximate surface area is 141 Å². The van der Waals surface area contributed by atoms with Crippen molar-refractivity contribution in [2.75, 3.05) is 38.6 Å². The topological polar surface area (TPSA) is 41.6 Å². The zero-order chi connectivity index (χ0) is 15.9. The number of nitrogens with one attached hydrogen (secondary N) is 1. The van der Waals surface area contributed by atoms with Crippen molar-refractivity contribution in [2.24, 2.45) is 0 Å². The van der Waals surface area contributed by atoms with E-state index < -0.39 is 0 Å². The first-order valence-electron chi connectivity index (χ1n) is 7.63. The number of hydrogen-bond acceptors (Lipinski definition) is 4. The maximum absolute atomic E-state index is 12.5. The molecular formula is C16H23ClN2O2S. The van der Waals surface area contributed by atoms with E-state index in [0.717, 1.165) is 43.5 Å². The number of morpholine rings is 1. The van der Waals surface area contributed by atoms with Gasteiger partial charge in [-0.15, -0.1) is 11.8 Å². The number of benzene rings is 1. The van der Waals surface area contributed by atoms with Crippen LogP contribution in [0.3, 0.4) is 0 Å². The van der Waals surface area contributed by atoms with Gasteiger partial charge in [-0.25, -0.2) is 0 Å². The summed E-state index contributed by atoms with van der Waals surface area (Å²) in [4.78, 5) is 15.8. The second kappa shape index (κ2) is 8.77. The zero-order valence-electron chi connectivity index (χ0n) is 13.1. The largest absolute Gasteiger partial charge is 0.379 e. The molecule has 0 saturated carbocycles. The Hall–Kier alpha value is -0.750. The third-order valence-corrected chi connectivity index (χ3v) is 4.69. The van der Waals surface area contributed by atoms with Gasteiger partial charge in [0.15, 0.2) is 0 Å². The molecule has 1 unspecified atom stereocenters. The highest BCUT2D eigenvalue weighted by Crippen LogP contribution is 2.25. The molecule has 0 aromatic heterocycles. The van der Waals surface area contributed by atoms with Crippen molar-refractivity contribution in [1.29, 1.82) is 0 Å². The lowest BCUT2D eigenvalue weighted by Gasteiger charge is -2.29. The highest BCUT2D eigenvalue weighted by Gasteiger charge is 2.18. The van der Waals surface area contributed by atoms with Crippen LogP contribution in [0.25, 0.3) is 0 Å². The first kappa shape index (κ1) is 17.6. The van der Waals surface area contributed by atoms with Gasteiger partial charge in [-0.1, -0.05) is 18.5 Å². The molecule has 1 aromatic carbocycles. The van der Waals surface area contributed by atoms with E-state index in [1.165, 1.54) is 0 Å². The van der Waals surface area contributed by atoms with E-state index in [2.05, 4.69) is 17.1 Å². The molecule has 0 aliphatic carbocycles. The molecule has 2 rings (SSSR count). The minimum Gasteiger partial charge on any atom is -0.379 e. The quantitative estimate of drug-likeness (QED) is 0.807. The number of ether oxygens (including phenoxy) is 1. The van der Waals surface area contributed by atoms with Crippen molar-refractivity contribution in [3.8, 4) is 0 Å². The summed E-state index contributed by atoms with van der Waals surface area (Å²) in [7, 11) is 0. The van der Waals surface area contributed by atoms with E-state index in [1.807, 2.05) is 19.1 Å². The molecule has 1 saturated heterocycles. The molecule has 1 aliphatic heterocycles. The van der Waals surface area contributed by atoms with Crippen LogP contribution in [0, 0.1) is 0 Å². The lowest BCUT2D eigenvalue weighted by atomic mass is 10.2. The van der Waals surface area contributed by atoms with Gasteiger partial charge < -0.3 is 10.1 Å². The number of carbonyl (C=O) groups is 1. The Morgan fingerprint density at radius 3 is 2.86 bits per heavy atom. The van der Waals surface area contributed by atoms with Gasteiger partial charge in [0.05, 0.1) is 18.8 Å². The molecule has 122 valence electrons. The van der Waals surface area contributed by atoms with Gasteiger partial charge in [0, 0.05) is 35.6 Å². The Morgan fingerprint density at radius 1 is 1.45 bits per heavy atom. The SMILES string of the molecule is CCSc1ccc(Cl)cc1C(=O)NC(C)CN1CCOCC1. The van der Waals surface area contributed by atoms with Crippen LogP contribution in [-0.2, 0) is 4.74 Å². The van der Waals surface area contributed by atoms with Gasteiger partial charge in [0.1, 0.15) is 0 Å². The fraction of sp³-hybridized carbons (Fsp3) is 0.562. The normalized spacial score (nSPS) is 17.2. The predicted molar refractivity (Wildman–Crippen MR) is 92.0 cm³/mol. The van der Waals surface area contributed by atoms with Crippen LogP contribution >= 0.6 is 23.4 Å². The Bertz CT molecular complexity index is 507. The number of halogens is 1.